The molecule has 7 heteroatoms. The molecule has 0 aromatic carbocycles. The number of hydrogen-bond donors (Lipinski definition) is 2. The Kier molecular flexibility index (Phi) is 3.83. The second kappa shape index (κ2) is 5.36. The average Bonchev–Trinajstić information content (AvgIpc) is 2.78. The number of aromatic nitrogens is 2. The zero-order chi connectivity index (χ0) is 13.1. The summed E-state index contributed by atoms with van der Waals surface area (Å²) in [4.78, 5) is 25.2. The van der Waals surface area contributed by atoms with Crippen molar-refractivity contribution in [3.05, 3.63) is 27.0 Å². The van der Waals surface area contributed by atoms with Crippen LogP contribution in [0, 0.1) is 0 Å². The molecule has 1 aliphatic heterocycles. The molecular weight excluding hydrogens is 240 g/mol. The number of nitrogens with zero attached hydrogens (tertiary/aromatic N) is 1. The predicted molar refractivity (Wildman–Crippen MR) is 62.7 cm³/mol. The molecule has 1 fully saturated rings. The first-order valence-corrected chi connectivity index (χ1v) is 5.81. The molecule has 18 heavy (non-hydrogen) atoms. The summed E-state index contributed by atoms with van der Waals surface area (Å²) in [5.74, 6) is 0.0730. The summed E-state index contributed by atoms with van der Waals surface area (Å²) in [6.45, 7) is 0.0568. The quantitative estimate of drug-likeness (QED) is 0.765. The maximum Gasteiger partial charge on any atom is 0.330 e. The Labute approximate surface area is 103 Å². The maximum absolute atomic E-state index is 11.7. The third-order valence-corrected chi connectivity index (χ3v) is 3.00. The van der Waals surface area contributed by atoms with Gasteiger partial charge in [-0.05, 0) is 19.3 Å². The molecule has 0 saturated carbocycles. The summed E-state index contributed by atoms with van der Waals surface area (Å²) in [5.41, 5.74) is -1.07. The Morgan fingerprint density at radius 1 is 1.56 bits per heavy atom. The minimum atomic E-state index is -0.552. The molecule has 1 aromatic rings. The summed E-state index contributed by atoms with van der Waals surface area (Å²) in [7, 11) is 1.36. The molecule has 2 unspecified atom stereocenters. The van der Waals surface area contributed by atoms with E-state index in [0.717, 1.165) is 6.42 Å². The zero-order valence-corrected chi connectivity index (χ0v) is 10.1. The van der Waals surface area contributed by atoms with Crippen molar-refractivity contribution >= 4 is 0 Å². The molecule has 2 N–H and O–H groups in total. The Hall–Kier alpha value is -1.60. The van der Waals surface area contributed by atoms with Crippen molar-refractivity contribution in [3.8, 4) is 5.75 Å². The molecule has 2 atom stereocenters. The van der Waals surface area contributed by atoms with Gasteiger partial charge in [-0.25, -0.2) is 4.79 Å². The van der Waals surface area contributed by atoms with Gasteiger partial charge in [0.1, 0.15) is 6.23 Å². The van der Waals surface area contributed by atoms with Crippen molar-refractivity contribution in [2.45, 2.75) is 31.6 Å². The highest BCUT2D eigenvalue weighted by atomic mass is 16.5. The first-order valence-electron chi connectivity index (χ1n) is 5.81. The van der Waals surface area contributed by atoms with Crippen LogP contribution in [0.15, 0.2) is 15.8 Å². The van der Waals surface area contributed by atoms with Gasteiger partial charge in [0.15, 0.2) is 0 Å². The predicted octanol–water partition coefficient (Wildman–Crippen LogP) is -0.395. The standard InChI is InChI=1S/C11H16N2O5/c1-17-8-6-13(11(16)12-10(8)15)9-3-2-7(18-9)4-5-14/h6-7,9,14H,2-5H2,1H3,(H,12,15,16). The number of nitrogens with one attached hydrogen (secondary N) is 1. The summed E-state index contributed by atoms with van der Waals surface area (Å²) < 4.78 is 11.8. The number of rotatable bonds is 4. The van der Waals surface area contributed by atoms with Gasteiger partial charge in [0, 0.05) is 6.61 Å². The van der Waals surface area contributed by atoms with Gasteiger partial charge in [-0.1, -0.05) is 0 Å². The van der Waals surface area contributed by atoms with E-state index in [1.165, 1.54) is 17.9 Å². The third-order valence-electron chi connectivity index (χ3n) is 3.00. The lowest BCUT2D eigenvalue weighted by Gasteiger charge is -2.15. The van der Waals surface area contributed by atoms with Crippen LogP contribution in [0.4, 0.5) is 0 Å². The zero-order valence-electron chi connectivity index (χ0n) is 10.1. The molecule has 1 aliphatic rings. The van der Waals surface area contributed by atoms with Gasteiger partial charge in [0.2, 0.25) is 5.75 Å². The van der Waals surface area contributed by atoms with E-state index >= 15 is 0 Å². The monoisotopic (exact) mass is 256 g/mol. The van der Waals surface area contributed by atoms with Crippen LogP contribution in [0.1, 0.15) is 25.5 Å². The van der Waals surface area contributed by atoms with Crippen LogP contribution >= 0.6 is 0 Å². The summed E-state index contributed by atoms with van der Waals surface area (Å²) in [6.07, 6.45) is 2.88. The molecular formula is C11H16N2O5. The number of hydrogen-bond acceptors (Lipinski definition) is 5. The molecule has 0 radical (unpaired) electrons. The molecule has 100 valence electrons. The molecule has 2 heterocycles. The van der Waals surface area contributed by atoms with Crippen LogP contribution in [0.3, 0.4) is 0 Å². The minimum absolute atomic E-state index is 0.0511. The van der Waals surface area contributed by atoms with Crippen LogP contribution in [0.25, 0.3) is 0 Å². The normalized spacial score (nSPS) is 23.2. The average molecular weight is 256 g/mol. The second-order valence-corrected chi connectivity index (χ2v) is 4.17. The van der Waals surface area contributed by atoms with Gasteiger partial charge in [0.25, 0.3) is 5.56 Å². The second-order valence-electron chi connectivity index (χ2n) is 4.17. The van der Waals surface area contributed by atoms with Crippen LogP contribution in [0.2, 0.25) is 0 Å². The number of methoxy groups -OCH3 is 1. The molecule has 1 saturated heterocycles. The third kappa shape index (κ3) is 2.46. The van der Waals surface area contributed by atoms with E-state index in [0.29, 0.717) is 12.8 Å². The highest BCUT2D eigenvalue weighted by Crippen LogP contribution is 2.28. The van der Waals surface area contributed by atoms with E-state index in [2.05, 4.69) is 4.98 Å². The smallest absolute Gasteiger partial charge is 0.330 e. The lowest BCUT2D eigenvalue weighted by Crippen LogP contribution is -2.32. The minimum Gasteiger partial charge on any atom is -0.490 e. The molecule has 0 amide bonds. The molecule has 1 aromatic heterocycles. The van der Waals surface area contributed by atoms with Crippen LogP contribution in [-0.4, -0.2) is 34.5 Å². The van der Waals surface area contributed by atoms with Crippen LogP contribution in [0.5, 0.6) is 5.75 Å². The van der Waals surface area contributed by atoms with Crippen molar-refractivity contribution in [1.29, 1.82) is 0 Å². The van der Waals surface area contributed by atoms with Crippen LogP contribution < -0.4 is 16.0 Å². The lowest BCUT2D eigenvalue weighted by molar-refractivity contribution is -0.0106. The first kappa shape index (κ1) is 12.8. The lowest BCUT2D eigenvalue weighted by atomic mass is 10.2. The highest BCUT2D eigenvalue weighted by Gasteiger charge is 2.27. The molecule has 2 rings (SSSR count). The van der Waals surface area contributed by atoms with Crippen LogP contribution in [-0.2, 0) is 4.74 Å². The van der Waals surface area contributed by atoms with E-state index in [-0.39, 0.29) is 18.5 Å². The van der Waals surface area contributed by atoms with Gasteiger partial charge in [-0.15, -0.1) is 0 Å². The maximum atomic E-state index is 11.7. The Bertz CT molecular complexity index is 521. The molecule has 0 aliphatic carbocycles. The van der Waals surface area contributed by atoms with Gasteiger partial charge in [-0.3, -0.25) is 14.3 Å². The Morgan fingerprint density at radius 3 is 3.00 bits per heavy atom. The van der Waals surface area contributed by atoms with Crippen molar-refractivity contribution < 1.29 is 14.6 Å². The fourth-order valence-electron chi connectivity index (χ4n) is 2.07. The molecule has 0 bridgehead atoms. The largest absolute Gasteiger partial charge is 0.490 e. The van der Waals surface area contributed by atoms with Gasteiger partial charge in [0.05, 0.1) is 19.4 Å². The van der Waals surface area contributed by atoms with E-state index in [1.807, 2.05) is 0 Å². The van der Waals surface area contributed by atoms with Crippen molar-refractivity contribution in [1.82, 2.24) is 9.55 Å². The number of aromatic amines is 1. The summed E-state index contributed by atoms with van der Waals surface area (Å²) in [5, 5.41) is 8.84. The highest BCUT2D eigenvalue weighted by molar-refractivity contribution is 5.12. The SMILES string of the molecule is COc1cn(C2CCC(CCO)O2)c(=O)[nH]c1=O. The Balaban J connectivity index is 2.24. The van der Waals surface area contributed by atoms with Gasteiger partial charge < -0.3 is 14.6 Å². The topological polar surface area (TPSA) is 93.6 Å². The Morgan fingerprint density at radius 2 is 2.33 bits per heavy atom. The summed E-state index contributed by atoms with van der Waals surface area (Å²) in [6, 6.07) is 0. The molecule has 0 spiro atoms. The number of H-pyrrole nitrogens is 1. The van der Waals surface area contributed by atoms with E-state index in [4.69, 9.17) is 14.6 Å². The van der Waals surface area contributed by atoms with E-state index < -0.39 is 17.5 Å². The first-order chi connectivity index (χ1) is 8.65. The van der Waals surface area contributed by atoms with Crippen molar-refractivity contribution in [2.75, 3.05) is 13.7 Å². The number of ether oxygens (including phenoxy) is 2. The van der Waals surface area contributed by atoms with Gasteiger partial charge in [-0.2, -0.15) is 0 Å². The number of aliphatic hydroxyl groups is 1. The van der Waals surface area contributed by atoms with Crippen molar-refractivity contribution in [3.63, 3.8) is 0 Å². The summed E-state index contributed by atoms with van der Waals surface area (Å²) >= 11 is 0. The van der Waals surface area contributed by atoms with E-state index in [9.17, 15) is 9.59 Å². The van der Waals surface area contributed by atoms with Crippen molar-refractivity contribution in [2.24, 2.45) is 0 Å². The number of aliphatic hydroxyl groups excluding tert-OH is 1. The van der Waals surface area contributed by atoms with Gasteiger partial charge >= 0.3 is 5.69 Å². The molecule has 7 nitrogen and oxygen atoms in total. The van der Waals surface area contributed by atoms with E-state index in [1.54, 1.807) is 0 Å². The fraction of sp³-hybridized carbons (Fsp3) is 0.636. The fourth-order valence-corrected chi connectivity index (χ4v) is 2.07.